The number of hydrogen-bond donors (Lipinski definition) is 2. The summed E-state index contributed by atoms with van der Waals surface area (Å²) in [6, 6.07) is 1.65. The Kier molecular flexibility index (Phi) is 3.58. The molecule has 0 radical (unpaired) electrons. The van der Waals surface area contributed by atoms with E-state index in [9.17, 15) is 4.39 Å². The van der Waals surface area contributed by atoms with E-state index in [0.717, 1.165) is 4.47 Å². The second-order valence-electron chi connectivity index (χ2n) is 3.78. The molecule has 14 heavy (non-hydrogen) atoms. The Labute approximate surface area is 90.4 Å². The van der Waals surface area contributed by atoms with Crippen LogP contribution in [0.25, 0.3) is 0 Å². The molecule has 1 heterocycles. The molecule has 0 saturated heterocycles. The number of hydrogen-bond acceptors (Lipinski definition) is 3. The van der Waals surface area contributed by atoms with Crippen molar-refractivity contribution >= 4 is 15.9 Å². The van der Waals surface area contributed by atoms with Crippen LogP contribution in [-0.4, -0.2) is 15.7 Å². The van der Waals surface area contributed by atoms with E-state index >= 15 is 0 Å². The molecule has 0 unspecified atom stereocenters. The van der Waals surface area contributed by atoms with E-state index in [4.69, 9.17) is 5.21 Å². The zero-order valence-corrected chi connectivity index (χ0v) is 9.60. The maximum atomic E-state index is 13.2. The largest absolute Gasteiger partial charge is 0.316 e. The zero-order valence-electron chi connectivity index (χ0n) is 8.01. The first kappa shape index (κ1) is 11.6. The van der Waals surface area contributed by atoms with Crippen molar-refractivity contribution < 1.29 is 9.60 Å². The molecule has 3 nitrogen and oxygen atoms in total. The van der Waals surface area contributed by atoms with E-state index in [0.29, 0.717) is 12.0 Å². The van der Waals surface area contributed by atoms with E-state index in [1.54, 1.807) is 19.9 Å². The molecule has 1 aromatic heterocycles. The Balaban J connectivity index is 2.91. The molecule has 78 valence electrons. The van der Waals surface area contributed by atoms with Crippen molar-refractivity contribution in [2.45, 2.75) is 25.8 Å². The summed E-state index contributed by atoms with van der Waals surface area (Å²) in [5.41, 5.74) is 2.02. The topological polar surface area (TPSA) is 45.2 Å². The fraction of sp³-hybridized carbons (Fsp3) is 0.444. The smallest absolute Gasteiger partial charge is 0.216 e. The van der Waals surface area contributed by atoms with Gasteiger partial charge in [0.25, 0.3) is 0 Å². The quantitative estimate of drug-likeness (QED) is 0.649. The SMILES string of the molecule is CC(C)(Cc1cc(Br)cnc1F)NO. The minimum atomic E-state index is -0.566. The number of aromatic nitrogens is 1. The second-order valence-corrected chi connectivity index (χ2v) is 4.69. The van der Waals surface area contributed by atoms with E-state index in [2.05, 4.69) is 26.4 Å². The van der Waals surface area contributed by atoms with Crippen LogP contribution in [0.2, 0.25) is 0 Å². The maximum absolute atomic E-state index is 13.2. The lowest BCUT2D eigenvalue weighted by Gasteiger charge is -2.22. The van der Waals surface area contributed by atoms with Gasteiger partial charge in [0.2, 0.25) is 5.95 Å². The first-order valence-corrected chi connectivity index (χ1v) is 4.95. The van der Waals surface area contributed by atoms with Crippen LogP contribution in [0.3, 0.4) is 0 Å². The standard InChI is InChI=1S/C9H12BrFN2O/c1-9(2,13-14)4-6-3-7(10)5-12-8(6)11/h3,5,13-14H,4H2,1-2H3. The molecular weight excluding hydrogens is 251 g/mol. The summed E-state index contributed by atoms with van der Waals surface area (Å²) in [4.78, 5) is 3.57. The molecule has 0 bridgehead atoms. The highest BCUT2D eigenvalue weighted by molar-refractivity contribution is 9.10. The van der Waals surface area contributed by atoms with E-state index in [-0.39, 0.29) is 0 Å². The molecule has 0 aliphatic heterocycles. The summed E-state index contributed by atoms with van der Waals surface area (Å²) in [6.45, 7) is 3.54. The van der Waals surface area contributed by atoms with Gasteiger partial charge in [-0.25, -0.2) is 4.98 Å². The van der Waals surface area contributed by atoms with Gasteiger partial charge in [-0.15, -0.1) is 0 Å². The van der Waals surface area contributed by atoms with Crippen LogP contribution in [0.4, 0.5) is 4.39 Å². The average Bonchev–Trinajstić information content (AvgIpc) is 2.11. The Bertz CT molecular complexity index is 331. The Hall–Kier alpha value is -0.520. The Morgan fingerprint density at radius 1 is 1.64 bits per heavy atom. The lowest BCUT2D eigenvalue weighted by molar-refractivity contribution is 0.0811. The number of nitrogens with zero attached hydrogens (tertiary/aromatic N) is 1. The molecule has 2 N–H and O–H groups in total. The monoisotopic (exact) mass is 262 g/mol. The minimum absolute atomic E-state index is 0.363. The number of nitrogens with one attached hydrogen (secondary N) is 1. The van der Waals surface area contributed by atoms with Gasteiger partial charge in [-0.05, 0) is 42.3 Å². The Morgan fingerprint density at radius 2 is 2.29 bits per heavy atom. The van der Waals surface area contributed by atoms with E-state index < -0.39 is 11.5 Å². The van der Waals surface area contributed by atoms with Crippen LogP contribution in [0.5, 0.6) is 0 Å². The zero-order chi connectivity index (χ0) is 10.8. The van der Waals surface area contributed by atoms with Gasteiger partial charge in [0.1, 0.15) is 0 Å². The molecule has 0 amide bonds. The summed E-state index contributed by atoms with van der Waals surface area (Å²) >= 11 is 3.21. The number of halogens is 2. The summed E-state index contributed by atoms with van der Waals surface area (Å²) in [5.74, 6) is -0.503. The first-order chi connectivity index (χ1) is 6.44. The van der Waals surface area contributed by atoms with Crippen molar-refractivity contribution in [3.63, 3.8) is 0 Å². The number of rotatable bonds is 3. The van der Waals surface area contributed by atoms with Gasteiger partial charge in [-0.1, -0.05) is 0 Å². The fourth-order valence-corrected chi connectivity index (χ4v) is 1.48. The molecule has 0 saturated carbocycles. The van der Waals surface area contributed by atoms with Crippen LogP contribution in [0.15, 0.2) is 16.7 Å². The van der Waals surface area contributed by atoms with Crippen molar-refractivity contribution in [2.24, 2.45) is 0 Å². The predicted molar refractivity (Wildman–Crippen MR) is 54.6 cm³/mol. The van der Waals surface area contributed by atoms with Crippen LogP contribution < -0.4 is 5.48 Å². The van der Waals surface area contributed by atoms with Crippen molar-refractivity contribution in [3.8, 4) is 0 Å². The highest BCUT2D eigenvalue weighted by Gasteiger charge is 2.19. The normalized spacial score (nSPS) is 11.8. The maximum Gasteiger partial charge on any atom is 0.216 e. The number of pyridine rings is 1. The third kappa shape index (κ3) is 3.01. The van der Waals surface area contributed by atoms with Gasteiger partial charge < -0.3 is 5.21 Å². The molecular formula is C9H12BrFN2O. The van der Waals surface area contributed by atoms with Gasteiger partial charge in [-0.2, -0.15) is 9.87 Å². The second kappa shape index (κ2) is 4.33. The van der Waals surface area contributed by atoms with Crippen molar-refractivity contribution in [1.29, 1.82) is 0 Å². The van der Waals surface area contributed by atoms with Gasteiger partial charge in [0, 0.05) is 21.8 Å². The van der Waals surface area contributed by atoms with Crippen molar-refractivity contribution in [1.82, 2.24) is 10.5 Å². The molecule has 0 fully saturated rings. The fourth-order valence-electron chi connectivity index (χ4n) is 1.10. The van der Waals surface area contributed by atoms with Crippen molar-refractivity contribution in [2.75, 3.05) is 0 Å². The molecule has 0 aliphatic carbocycles. The number of hydroxylamine groups is 1. The highest BCUT2D eigenvalue weighted by atomic mass is 79.9. The minimum Gasteiger partial charge on any atom is -0.316 e. The molecule has 1 rings (SSSR count). The van der Waals surface area contributed by atoms with Crippen LogP contribution in [-0.2, 0) is 6.42 Å². The summed E-state index contributed by atoms with van der Waals surface area (Å²) < 4.78 is 13.9. The van der Waals surface area contributed by atoms with Crippen LogP contribution >= 0.6 is 15.9 Å². The van der Waals surface area contributed by atoms with Gasteiger partial charge in [0.05, 0.1) is 0 Å². The molecule has 0 atom stereocenters. The lowest BCUT2D eigenvalue weighted by atomic mass is 9.97. The third-order valence-corrected chi connectivity index (χ3v) is 2.25. The van der Waals surface area contributed by atoms with Crippen molar-refractivity contribution in [3.05, 3.63) is 28.2 Å². The van der Waals surface area contributed by atoms with Gasteiger partial charge in [0.15, 0.2) is 0 Å². The third-order valence-electron chi connectivity index (χ3n) is 1.81. The van der Waals surface area contributed by atoms with E-state index in [1.165, 1.54) is 6.20 Å². The van der Waals surface area contributed by atoms with Gasteiger partial charge in [-0.3, -0.25) is 0 Å². The van der Waals surface area contributed by atoms with Gasteiger partial charge >= 0.3 is 0 Å². The summed E-state index contributed by atoms with van der Waals surface area (Å²) in [5, 5.41) is 8.81. The van der Waals surface area contributed by atoms with E-state index in [1.807, 2.05) is 0 Å². The summed E-state index contributed by atoms with van der Waals surface area (Å²) in [6.07, 6.45) is 1.76. The average molecular weight is 263 g/mol. The predicted octanol–water partition coefficient (Wildman–Crippen LogP) is 2.28. The molecule has 0 aromatic carbocycles. The molecule has 5 heteroatoms. The molecule has 1 aromatic rings. The summed E-state index contributed by atoms with van der Waals surface area (Å²) in [7, 11) is 0. The Morgan fingerprint density at radius 3 is 2.86 bits per heavy atom. The molecule has 0 aliphatic rings. The van der Waals surface area contributed by atoms with Crippen LogP contribution in [0.1, 0.15) is 19.4 Å². The molecule has 0 spiro atoms. The highest BCUT2D eigenvalue weighted by Crippen LogP contribution is 2.18. The van der Waals surface area contributed by atoms with Crippen LogP contribution in [0, 0.1) is 5.95 Å². The first-order valence-electron chi connectivity index (χ1n) is 4.16. The lowest BCUT2D eigenvalue weighted by Crippen LogP contribution is -2.39.